The molecular formula is C24H28INO3. The van der Waals surface area contributed by atoms with Gasteiger partial charge in [0, 0.05) is 11.5 Å². The van der Waals surface area contributed by atoms with Crippen molar-refractivity contribution >= 4 is 28.4 Å². The lowest BCUT2D eigenvalue weighted by atomic mass is 9.85. The molecule has 4 nitrogen and oxygen atoms in total. The van der Waals surface area contributed by atoms with E-state index in [1.165, 1.54) is 18.4 Å². The van der Waals surface area contributed by atoms with Gasteiger partial charge in [0.05, 0.1) is 18.3 Å². The number of hydrogen-bond acceptors (Lipinski definition) is 4. The number of benzene rings is 2. The van der Waals surface area contributed by atoms with E-state index in [0.29, 0.717) is 21.5 Å². The molecule has 2 unspecified atom stereocenters. The number of Topliss-reactive ketones (excluding diaryl/α,β-unsaturated/α-hetero) is 1. The van der Waals surface area contributed by atoms with Crippen molar-refractivity contribution in [2.75, 3.05) is 27.3 Å². The summed E-state index contributed by atoms with van der Waals surface area (Å²) in [5.74, 6) is 2.35. The van der Waals surface area contributed by atoms with Crippen LogP contribution in [0.1, 0.15) is 44.8 Å². The van der Waals surface area contributed by atoms with Crippen LogP contribution < -0.4 is 9.47 Å². The fourth-order valence-corrected chi connectivity index (χ4v) is 5.70. The van der Waals surface area contributed by atoms with Gasteiger partial charge in [0.15, 0.2) is 17.3 Å². The Morgan fingerprint density at radius 2 is 1.72 bits per heavy atom. The Kier molecular flexibility index (Phi) is 6.44. The minimum absolute atomic E-state index is 0.0999. The highest BCUT2D eigenvalue weighted by Crippen LogP contribution is 2.40. The molecule has 2 aromatic carbocycles. The van der Waals surface area contributed by atoms with Crippen molar-refractivity contribution in [3.8, 4) is 11.5 Å². The van der Waals surface area contributed by atoms with E-state index in [9.17, 15) is 4.79 Å². The van der Waals surface area contributed by atoms with E-state index >= 15 is 0 Å². The molecule has 29 heavy (non-hydrogen) atoms. The average molecular weight is 505 g/mol. The van der Waals surface area contributed by atoms with Crippen LogP contribution in [0, 0.1) is 11.8 Å². The summed E-state index contributed by atoms with van der Waals surface area (Å²) < 4.78 is 11.2. The Bertz CT molecular complexity index is 862. The van der Waals surface area contributed by atoms with Crippen molar-refractivity contribution in [1.82, 2.24) is 4.90 Å². The van der Waals surface area contributed by atoms with Crippen LogP contribution in [0.5, 0.6) is 11.5 Å². The summed E-state index contributed by atoms with van der Waals surface area (Å²) in [6.45, 7) is 2.20. The highest BCUT2D eigenvalue weighted by atomic mass is 127. The lowest BCUT2D eigenvalue weighted by molar-refractivity contribution is 0.0896. The van der Waals surface area contributed by atoms with Gasteiger partial charge in [-0.25, -0.2) is 0 Å². The molecule has 2 aromatic rings. The second kappa shape index (κ2) is 9.04. The summed E-state index contributed by atoms with van der Waals surface area (Å²) in [7, 11) is 3.26. The van der Waals surface area contributed by atoms with Crippen molar-refractivity contribution in [2.45, 2.75) is 29.7 Å². The van der Waals surface area contributed by atoms with Crippen molar-refractivity contribution in [1.29, 1.82) is 0 Å². The zero-order chi connectivity index (χ0) is 20.4. The lowest BCUT2D eigenvalue weighted by Crippen LogP contribution is -2.35. The standard InChI is InChI=1S/C24H28INO3/c1-28-21-14-18-13-19(23(27)20(18)15-22(21)29-2)12-16-8-10-26(11-9-16)24(25)17-6-4-3-5-7-17/h3-7,14-16,19,24H,8-13H2,1-2H3. The number of hydrogen-bond donors (Lipinski definition) is 0. The van der Waals surface area contributed by atoms with Gasteiger partial charge in [0.2, 0.25) is 0 Å². The SMILES string of the molecule is COc1cc2c(cc1OC)C(=O)C(CC1CCN(C(I)c3ccccc3)CC1)C2. The third-order valence-electron chi connectivity index (χ3n) is 6.37. The van der Waals surface area contributed by atoms with Crippen molar-refractivity contribution in [3.63, 3.8) is 0 Å². The Hall–Kier alpha value is -1.60. The van der Waals surface area contributed by atoms with Gasteiger partial charge in [-0.05, 0) is 68.0 Å². The van der Waals surface area contributed by atoms with E-state index < -0.39 is 0 Å². The Morgan fingerprint density at radius 3 is 2.38 bits per heavy atom. The number of methoxy groups -OCH3 is 2. The molecule has 2 atom stereocenters. The van der Waals surface area contributed by atoms with Crippen LogP contribution in [0.15, 0.2) is 42.5 Å². The first kappa shape index (κ1) is 20.7. The van der Waals surface area contributed by atoms with E-state index in [1.54, 1.807) is 14.2 Å². The number of ketones is 1. The second-order valence-electron chi connectivity index (χ2n) is 8.09. The number of piperidine rings is 1. The van der Waals surface area contributed by atoms with Gasteiger partial charge in [-0.2, -0.15) is 0 Å². The highest BCUT2D eigenvalue weighted by molar-refractivity contribution is 14.1. The Morgan fingerprint density at radius 1 is 1.07 bits per heavy atom. The monoisotopic (exact) mass is 505 g/mol. The Balaban J connectivity index is 1.36. The number of halogens is 1. The molecule has 0 saturated carbocycles. The first-order valence-electron chi connectivity index (χ1n) is 10.3. The molecule has 0 bridgehead atoms. The first-order chi connectivity index (χ1) is 14.1. The maximum atomic E-state index is 13.0. The van der Waals surface area contributed by atoms with Gasteiger partial charge in [-0.15, -0.1) is 0 Å². The van der Waals surface area contributed by atoms with Gasteiger partial charge in [-0.3, -0.25) is 9.69 Å². The van der Waals surface area contributed by atoms with Crippen LogP contribution in [-0.4, -0.2) is 38.0 Å². The molecule has 1 fully saturated rings. The lowest BCUT2D eigenvalue weighted by Gasteiger charge is -2.36. The number of rotatable bonds is 6. The molecule has 5 heteroatoms. The number of nitrogens with zero attached hydrogens (tertiary/aromatic N) is 1. The van der Waals surface area contributed by atoms with Crippen LogP contribution in [0.3, 0.4) is 0 Å². The Labute approximate surface area is 186 Å². The topological polar surface area (TPSA) is 38.8 Å². The minimum atomic E-state index is 0.0999. The fourth-order valence-electron chi connectivity index (χ4n) is 4.73. The summed E-state index contributed by atoms with van der Waals surface area (Å²) in [5.41, 5.74) is 3.30. The zero-order valence-electron chi connectivity index (χ0n) is 17.1. The minimum Gasteiger partial charge on any atom is -0.493 e. The normalized spacial score (nSPS) is 21.1. The van der Waals surface area contributed by atoms with Crippen LogP contribution in [0.25, 0.3) is 0 Å². The quantitative estimate of drug-likeness (QED) is 0.304. The number of fused-ring (bicyclic) bond motifs is 1. The van der Waals surface area contributed by atoms with E-state index in [-0.39, 0.29) is 11.7 Å². The van der Waals surface area contributed by atoms with E-state index in [2.05, 4.69) is 57.8 Å². The summed E-state index contributed by atoms with van der Waals surface area (Å²) in [5, 5.41) is 0. The summed E-state index contributed by atoms with van der Waals surface area (Å²) in [4.78, 5) is 15.6. The van der Waals surface area contributed by atoms with Crippen LogP contribution in [0.2, 0.25) is 0 Å². The van der Waals surface area contributed by atoms with Crippen LogP contribution >= 0.6 is 22.6 Å². The van der Waals surface area contributed by atoms with Gasteiger partial charge >= 0.3 is 0 Å². The second-order valence-corrected chi connectivity index (χ2v) is 9.27. The van der Waals surface area contributed by atoms with E-state index in [4.69, 9.17) is 9.47 Å². The van der Waals surface area contributed by atoms with Crippen LogP contribution in [-0.2, 0) is 6.42 Å². The van der Waals surface area contributed by atoms with E-state index in [1.807, 2.05) is 12.1 Å². The molecular weight excluding hydrogens is 477 g/mol. The molecule has 1 heterocycles. The van der Waals surface area contributed by atoms with Gasteiger partial charge in [0.25, 0.3) is 0 Å². The average Bonchev–Trinajstić information content (AvgIpc) is 3.07. The zero-order valence-corrected chi connectivity index (χ0v) is 19.2. The van der Waals surface area contributed by atoms with Crippen molar-refractivity contribution in [2.24, 2.45) is 11.8 Å². The highest BCUT2D eigenvalue weighted by Gasteiger charge is 2.35. The number of ether oxygens (including phenoxy) is 2. The third-order valence-corrected chi connectivity index (χ3v) is 7.88. The molecule has 0 amide bonds. The number of carbonyl (C=O) groups excluding carboxylic acids is 1. The molecule has 154 valence electrons. The predicted octanol–water partition coefficient (Wildman–Crippen LogP) is 5.29. The van der Waals surface area contributed by atoms with Crippen LogP contribution in [0.4, 0.5) is 0 Å². The molecule has 1 aliphatic heterocycles. The number of alkyl halides is 1. The summed E-state index contributed by atoms with van der Waals surface area (Å²) in [6, 6.07) is 14.6. The van der Waals surface area contributed by atoms with Gasteiger partial charge in [0.1, 0.15) is 0 Å². The molecule has 0 N–H and O–H groups in total. The fraction of sp³-hybridized carbons (Fsp3) is 0.458. The molecule has 0 spiro atoms. The van der Waals surface area contributed by atoms with Crippen molar-refractivity contribution in [3.05, 3.63) is 59.2 Å². The molecule has 0 radical (unpaired) electrons. The largest absolute Gasteiger partial charge is 0.493 e. The summed E-state index contributed by atoms with van der Waals surface area (Å²) in [6.07, 6.45) is 4.15. The first-order valence-corrected chi connectivity index (χ1v) is 11.6. The third kappa shape index (κ3) is 4.31. The maximum absolute atomic E-state index is 13.0. The predicted molar refractivity (Wildman–Crippen MR) is 123 cm³/mol. The molecule has 2 aliphatic rings. The number of likely N-dealkylation sites (tertiary alicyclic amines) is 1. The van der Waals surface area contributed by atoms with Crippen molar-refractivity contribution < 1.29 is 14.3 Å². The smallest absolute Gasteiger partial charge is 0.166 e. The molecule has 1 saturated heterocycles. The van der Waals surface area contributed by atoms with E-state index in [0.717, 1.165) is 37.1 Å². The molecule has 4 rings (SSSR count). The molecule has 1 aliphatic carbocycles. The van der Waals surface area contributed by atoms with Gasteiger partial charge < -0.3 is 9.47 Å². The summed E-state index contributed by atoms with van der Waals surface area (Å²) >= 11 is 2.55. The number of carbonyl (C=O) groups is 1. The van der Waals surface area contributed by atoms with Gasteiger partial charge in [-0.1, -0.05) is 52.9 Å². The maximum Gasteiger partial charge on any atom is 0.166 e. The molecule has 0 aromatic heterocycles.